The molecule has 18 heavy (non-hydrogen) atoms. The Hall–Kier alpha value is 0.0500. The van der Waals surface area contributed by atoms with Gasteiger partial charge in [-0.15, -0.1) is 6.58 Å². The van der Waals surface area contributed by atoms with Gasteiger partial charge in [0.05, 0.1) is 58.8 Å². The summed E-state index contributed by atoms with van der Waals surface area (Å²) in [6, 6.07) is 0. The first-order valence-corrected chi connectivity index (χ1v) is 5.39. The number of rotatable bonds is 13. The molecule has 0 aliphatic heterocycles. The number of carbonyl (C=O) groups is 1. The van der Waals surface area contributed by atoms with Gasteiger partial charge in [-0.1, -0.05) is 6.08 Å². The fraction of sp³-hybridized carbons (Fsp3) is 0.727. The minimum Gasteiger partial charge on any atom is -0.548 e. The number of hydrogen-bond acceptors (Lipinski definition) is 6. The molecule has 100 valence electrons. The predicted molar refractivity (Wildman–Crippen MR) is 58.5 cm³/mol. The molecule has 0 amide bonds. The molecule has 0 aromatic heterocycles. The Labute approximate surface area is 130 Å². The molecule has 0 aromatic carbocycles. The number of hydrogen-bond donors (Lipinski definition) is 0. The van der Waals surface area contributed by atoms with E-state index in [1.54, 1.807) is 6.08 Å². The van der Waals surface area contributed by atoms with Crippen molar-refractivity contribution in [3.63, 3.8) is 0 Å². The van der Waals surface area contributed by atoms with E-state index in [4.69, 9.17) is 18.9 Å². The summed E-state index contributed by atoms with van der Waals surface area (Å²) in [5.41, 5.74) is 0. The molecule has 0 radical (unpaired) electrons. The molecule has 0 atom stereocenters. The maximum absolute atomic E-state index is 9.97. The zero-order valence-corrected chi connectivity index (χ0v) is 12.9. The third kappa shape index (κ3) is 18.4. The normalized spacial score (nSPS) is 9.78. The van der Waals surface area contributed by atoms with E-state index in [0.717, 1.165) is 0 Å². The van der Waals surface area contributed by atoms with Gasteiger partial charge in [0.25, 0.3) is 0 Å². The van der Waals surface area contributed by atoms with Crippen LogP contribution in [0, 0.1) is 0 Å². The van der Waals surface area contributed by atoms with Gasteiger partial charge in [0.15, 0.2) is 0 Å². The molecule has 0 heterocycles. The van der Waals surface area contributed by atoms with Crippen molar-refractivity contribution in [2.24, 2.45) is 0 Å². The van der Waals surface area contributed by atoms with Crippen LogP contribution < -0.4 is 34.7 Å². The summed E-state index contributed by atoms with van der Waals surface area (Å²) >= 11 is 0. The SMILES string of the molecule is C=CCOCCOCCOCCOCC(=O)[O-].[Na+]. The number of carbonyl (C=O) groups excluding carboxylic acids is 1. The van der Waals surface area contributed by atoms with Gasteiger partial charge < -0.3 is 28.8 Å². The van der Waals surface area contributed by atoms with Gasteiger partial charge in [0, 0.05) is 0 Å². The van der Waals surface area contributed by atoms with Crippen LogP contribution in [-0.4, -0.2) is 58.8 Å². The summed E-state index contributed by atoms with van der Waals surface area (Å²) in [5, 5.41) is 9.97. The quantitative estimate of drug-likeness (QED) is 0.193. The summed E-state index contributed by atoms with van der Waals surface area (Å²) in [5.74, 6) is -1.23. The van der Waals surface area contributed by atoms with Gasteiger partial charge in [-0.3, -0.25) is 0 Å². The molecule has 0 aliphatic rings. The van der Waals surface area contributed by atoms with Crippen molar-refractivity contribution in [1.29, 1.82) is 0 Å². The van der Waals surface area contributed by atoms with Crippen molar-refractivity contribution < 1.29 is 58.4 Å². The van der Waals surface area contributed by atoms with Crippen molar-refractivity contribution in [2.45, 2.75) is 0 Å². The monoisotopic (exact) mass is 270 g/mol. The van der Waals surface area contributed by atoms with Crippen molar-refractivity contribution in [3.05, 3.63) is 12.7 Å². The number of aliphatic carboxylic acids is 1. The maximum atomic E-state index is 9.97. The molecule has 0 aromatic rings. The standard InChI is InChI=1S/C11H20O6.Na/c1-2-3-14-4-5-15-6-7-16-8-9-17-10-11(12)13;/h2H,1,3-10H2,(H,12,13);/q;+1/p-1. The largest absolute Gasteiger partial charge is 1.00 e. The summed E-state index contributed by atoms with van der Waals surface area (Å²) in [6.07, 6.45) is 1.68. The Kier molecular flexibility index (Phi) is 19.3. The molecule has 6 nitrogen and oxygen atoms in total. The number of ether oxygens (including phenoxy) is 4. The molecule has 0 spiro atoms. The van der Waals surface area contributed by atoms with Crippen LogP contribution in [0.5, 0.6) is 0 Å². The Morgan fingerprint density at radius 3 is 1.83 bits per heavy atom. The van der Waals surface area contributed by atoms with Gasteiger partial charge in [0.1, 0.15) is 0 Å². The van der Waals surface area contributed by atoms with Crippen molar-refractivity contribution in [1.82, 2.24) is 0 Å². The van der Waals surface area contributed by atoms with E-state index in [1.165, 1.54) is 0 Å². The molecule has 0 fully saturated rings. The minimum atomic E-state index is -1.23. The van der Waals surface area contributed by atoms with E-state index < -0.39 is 12.6 Å². The van der Waals surface area contributed by atoms with Crippen LogP contribution in [0.25, 0.3) is 0 Å². The van der Waals surface area contributed by atoms with Crippen LogP contribution in [0.2, 0.25) is 0 Å². The second-order valence-corrected chi connectivity index (χ2v) is 3.01. The van der Waals surface area contributed by atoms with E-state index in [1.807, 2.05) is 0 Å². The molecule has 0 aliphatic carbocycles. The van der Waals surface area contributed by atoms with Gasteiger partial charge in [-0.05, 0) is 0 Å². The molecule has 0 rings (SSSR count). The predicted octanol–water partition coefficient (Wildman–Crippen LogP) is -4.01. The molecule has 0 unspecified atom stereocenters. The van der Waals surface area contributed by atoms with Crippen LogP contribution in [0.1, 0.15) is 0 Å². The van der Waals surface area contributed by atoms with E-state index >= 15 is 0 Å². The first-order valence-electron chi connectivity index (χ1n) is 5.39. The van der Waals surface area contributed by atoms with Crippen LogP contribution in [0.3, 0.4) is 0 Å². The third-order valence-corrected chi connectivity index (χ3v) is 1.57. The number of carboxylic acids is 1. The van der Waals surface area contributed by atoms with Crippen molar-refractivity contribution in [3.8, 4) is 0 Å². The van der Waals surface area contributed by atoms with Gasteiger partial charge >= 0.3 is 29.6 Å². The maximum Gasteiger partial charge on any atom is 1.00 e. The van der Waals surface area contributed by atoms with Crippen LogP contribution in [-0.2, 0) is 23.7 Å². The summed E-state index contributed by atoms with van der Waals surface area (Å²) in [4.78, 5) is 9.97. The van der Waals surface area contributed by atoms with E-state index in [2.05, 4.69) is 6.58 Å². The topological polar surface area (TPSA) is 77.0 Å². The molecule has 7 heteroatoms. The number of carboxylic acid groups (broad SMARTS) is 1. The van der Waals surface area contributed by atoms with Crippen molar-refractivity contribution in [2.75, 3.05) is 52.9 Å². The minimum absolute atomic E-state index is 0. The second kappa shape index (κ2) is 17.1. The van der Waals surface area contributed by atoms with Gasteiger partial charge in [-0.25, -0.2) is 0 Å². The Balaban J connectivity index is 0. The summed E-state index contributed by atoms with van der Waals surface area (Å²) in [6.45, 7) is 6.16. The average molecular weight is 270 g/mol. The van der Waals surface area contributed by atoms with E-state index in [0.29, 0.717) is 39.6 Å². The zero-order valence-electron chi connectivity index (χ0n) is 10.9. The van der Waals surface area contributed by atoms with Crippen molar-refractivity contribution >= 4 is 5.97 Å². The average Bonchev–Trinajstić information content (AvgIpc) is 2.30. The van der Waals surface area contributed by atoms with Crippen LogP contribution in [0.4, 0.5) is 0 Å². The molecular formula is C11H19NaO6. The summed E-state index contributed by atoms with van der Waals surface area (Å²) < 4.78 is 20.1. The smallest absolute Gasteiger partial charge is 0.548 e. The third-order valence-electron chi connectivity index (χ3n) is 1.57. The molecular weight excluding hydrogens is 251 g/mol. The molecule has 0 saturated carbocycles. The first kappa shape index (κ1) is 20.4. The van der Waals surface area contributed by atoms with Gasteiger partial charge in [0.2, 0.25) is 0 Å². The molecule has 0 N–H and O–H groups in total. The molecule has 0 saturated heterocycles. The summed E-state index contributed by atoms with van der Waals surface area (Å²) in [7, 11) is 0. The molecule has 0 bridgehead atoms. The zero-order chi connectivity index (χ0) is 12.8. The van der Waals surface area contributed by atoms with E-state index in [-0.39, 0.29) is 36.2 Å². The fourth-order valence-electron chi connectivity index (χ4n) is 0.880. The van der Waals surface area contributed by atoms with Crippen LogP contribution >= 0.6 is 0 Å². The fourth-order valence-corrected chi connectivity index (χ4v) is 0.880. The Bertz CT molecular complexity index is 200. The van der Waals surface area contributed by atoms with Crippen LogP contribution in [0.15, 0.2) is 12.7 Å². The van der Waals surface area contributed by atoms with E-state index in [9.17, 15) is 9.90 Å². The first-order chi connectivity index (χ1) is 8.27. The second-order valence-electron chi connectivity index (χ2n) is 3.01. The Morgan fingerprint density at radius 1 is 0.944 bits per heavy atom. The van der Waals surface area contributed by atoms with Gasteiger partial charge in [-0.2, -0.15) is 0 Å². The Morgan fingerprint density at radius 2 is 1.39 bits per heavy atom.